The Labute approximate surface area is 152 Å². The lowest BCUT2D eigenvalue weighted by atomic mass is 10.2. The van der Waals surface area contributed by atoms with Crippen LogP contribution in [0.25, 0.3) is 0 Å². The third-order valence-electron chi connectivity index (χ3n) is 4.21. The van der Waals surface area contributed by atoms with E-state index in [2.05, 4.69) is 14.7 Å². The van der Waals surface area contributed by atoms with Crippen LogP contribution in [0.4, 0.5) is 5.95 Å². The predicted octanol–water partition coefficient (Wildman–Crippen LogP) is 0.412. The lowest BCUT2D eigenvalue weighted by molar-refractivity contribution is -0.130. The van der Waals surface area contributed by atoms with Gasteiger partial charge in [-0.05, 0) is 25.1 Å². The molecule has 0 unspecified atom stereocenters. The first-order valence-electron chi connectivity index (χ1n) is 8.32. The zero-order valence-electron chi connectivity index (χ0n) is 14.5. The molecule has 1 N–H and O–H groups in total. The Morgan fingerprint density at radius 1 is 1.08 bits per heavy atom. The highest BCUT2D eigenvalue weighted by Crippen LogP contribution is 2.11. The number of hydrogen-bond acceptors (Lipinski definition) is 6. The number of carbonyl (C=O) groups excluding carboxylic acids is 1. The molecular formula is C17H21N5O3S. The van der Waals surface area contributed by atoms with E-state index in [0.717, 1.165) is 5.56 Å². The topological polar surface area (TPSA) is 95.5 Å². The Morgan fingerprint density at radius 3 is 2.31 bits per heavy atom. The average Bonchev–Trinajstić information content (AvgIpc) is 2.67. The maximum Gasteiger partial charge on any atom is 0.241 e. The van der Waals surface area contributed by atoms with E-state index in [-0.39, 0.29) is 17.3 Å². The highest BCUT2D eigenvalue weighted by atomic mass is 32.2. The number of aryl methyl sites for hydroxylation is 1. The summed E-state index contributed by atoms with van der Waals surface area (Å²) in [4.78, 5) is 24.5. The van der Waals surface area contributed by atoms with Gasteiger partial charge in [0.1, 0.15) is 0 Å². The summed E-state index contributed by atoms with van der Waals surface area (Å²) in [6.45, 7) is 3.86. The van der Waals surface area contributed by atoms with E-state index in [1.54, 1.807) is 35.5 Å². The van der Waals surface area contributed by atoms with Gasteiger partial charge in [0.05, 0.1) is 11.4 Å². The van der Waals surface area contributed by atoms with Gasteiger partial charge in [-0.3, -0.25) is 4.79 Å². The SMILES string of the molecule is Cc1ccc(S(=O)(=O)NCC(=O)N2CCN(c3ncccn3)CC2)cc1. The van der Waals surface area contributed by atoms with Crippen LogP contribution in [0.5, 0.6) is 0 Å². The Balaban J connectivity index is 1.52. The minimum atomic E-state index is -3.69. The number of nitrogens with one attached hydrogen (secondary N) is 1. The molecule has 1 aliphatic rings. The minimum Gasteiger partial charge on any atom is -0.338 e. The summed E-state index contributed by atoms with van der Waals surface area (Å²) in [7, 11) is -3.69. The van der Waals surface area contributed by atoms with Crippen molar-refractivity contribution in [3.05, 3.63) is 48.3 Å². The fourth-order valence-electron chi connectivity index (χ4n) is 2.68. The Bertz CT molecular complexity index is 848. The van der Waals surface area contributed by atoms with Crippen molar-refractivity contribution in [2.75, 3.05) is 37.6 Å². The highest BCUT2D eigenvalue weighted by molar-refractivity contribution is 7.89. The number of benzene rings is 1. The van der Waals surface area contributed by atoms with Gasteiger partial charge in [0, 0.05) is 38.6 Å². The van der Waals surface area contributed by atoms with Gasteiger partial charge in [0.15, 0.2) is 0 Å². The Hall–Kier alpha value is -2.52. The van der Waals surface area contributed by atoms with Crippen molar-refractivity contribution in [2.24, 2.45) is 0 Å². The lowest BCUT2D eigenvalue weighted by Crippen LogP contribution is -2.51. The van der Waals surface area contributed by atoms with Crippen molar-refractivity contribution in [3.8, 4) is 0 Å². The van der Waals surface area contributed by atoms with Gasteiger partial charge in [0.25, 0.3) is 0 Å². The molecule has 1 fully saturated rings. The van der Waals surface area contributed by atoms with Crippen LogP contribution >= 0.6 is 0 Å². The first kappa shape index (κ1) is 18.3. The fourth-order valence-corrected chi connectivity index (χ4v) is 3.65. The largest absolute Gasteiger partial charge is 0.338 e. The van der Waals surface area contributed by atoms with Crippen LogP contribution in [0.2, 0.25) is 0 Å². The van der Waals surface area contributed by atoms with Gasteiger partial charge in [0.2, 0.25) is 21.9 Å². The number of amides is 1. The highest BCUT2D eigenvalue weighted by Gasteiger charge is 2.24. The van der Waals surface area contributed by atoms with Gasteiger partial charge in [-0.2, -0.15) is 0 Å². The predicted molar refractivity (Wildman–Crippen MR) is 97.2 cm³/mol. The molecule has 2 aromatic rings. The van der Waals surface area contributed by atoms with Crippen LogP contribution in [0.1, 0.15) is 5.56 Å². The summed E-state index contributed by atoms with van der Waals surface area (Å²) in [5.41, 5.74) is 0.972. The number of nitrogens with zero attached hydrogens (tertiary/aromatic N) is 4. The molecule has 8 nitrogen and oxygen atoms in total. The molecule has 1 saturated heterocycles. The van der Waals surface area contributed by atoms with E-state index in [1.807, 2.05) is 11.8 Å². The van der Waals surface area contributed by atoms with Crippen molar-refractivity contribution < 1.29 is 13.2 Å². The van der Waals surface area contributed by atoms with Crippen molar-refractivity contribution in [1.82, 2.24) is 19.6 Å². The standard InChI is InChI=1S/C17H21N5O3S/c1-14-3-5-15(6-4-14)26(24,25)20-13-16(23)21-9-11-22(12-10-21)17-18-7-2-8-19-17/h2-8,20H,9-13H2,1H3. The molecule has 9 heteroatoms. The van der Waals surface area contributed by atoms with E-state index >= 15 is 0 Å². The molecule has 3 rings (SSSR count). The number of rotatable bonds is 5. The molecule has 0 spiro atoms. The third kappa shape index (κ3) is 4.36. The van der Waals surface area contributed by atoms with E-state index in [9.17, 15) is 13.2 Å². The van der Waals surface area contributed by atoms with Crippen molar-refractivity contribution in [1.29, 1.82) is 0 Å². The molecule has 1 aliphatic heterocycles. The molecule has 0 bridgehead atoms. The molecule has 0 aliphatic carbocycles. The second-order valence-electron chi connectivity index (χ2n) is 6.05. The van der Waals surface area contributed by atoms with Crippen LogP contribution in [0, 0.1) is 6.92 Å². The smallest absolute Gasteiger partial charge is 0.241 e. The fraction of sp³-hybridized carbons (Fsp3) is 0.353. The van der Waals surface area contributed by atoms with Crippen molar-refractivity contribution in [3.63, 3.8) is 0 Å². The number of hydrogen-bond donors (Lipinski definition) is 1. The number of sulfonamides is 1. The molecule has 0 saturated carbocycles. The summed E-state index contributed by atoms with van der Waals surface area (Å²) in [5, 5.41) is 0. The number of aromatic nitrogens is 2. The van der Waals surface area contributed by atoms with Gasteiger partial charge in [-0.1, -0.05) is 17.7 Å². The minimum absolute atomic E-state index is 0.155. The zero-order valence-corrected chi connectivity index (χ0v) is 15.3. The maximum atomic E-state index is 12.3. The second-order valence-corrected chi connectivity index (χ2v) is 7.82. The van der Waals surface area contributed by atoms with Crippen LogP contribution in [-0.4, -0.2) is 61.9 Å². The first-order valence-corrected chi connectivity index (χ1v) is 9.80. The summed E-state index contributed by atoms with van der Waals surface area (Å²) < 4.78 is 26.9. The second kappa shape index (κ2) is 7.79. The zero-order chi connectivity index (χ0) is 18.6. The van der Waals surface area contributed by atoms with Crippen molar-refractivity contribution in [2.45, 2.75) is 11.8 Å². The molecule has 1 aromatic carbocycles. The van der Waals surface area contributed by atoms with Crippen molar-refractivity contribution >= 4 is 21.9 Å². The van der Waals surface area contributed by atoms with Gasteiger partial charge in [-0.25, -0.2) is 23.1 Å². The van der Waals surface area contributed by atoms with Crippen LogP contribution < -0.4 is 9.62 Å². The first-order chi connectivity index (χ1) is 12.5. The van der Waals surface area contributed by atoms with Gasteiger partial charge in [-0.15, -0.1) is 0 Å². The third-order valence-corrected chi connectivity index (χ3v) is 5.63. The van der Waals surface area contributed by atoms with Gasteiger partial charge >= 0.3 is 0 Å². The molecule has 1 aromatic heterocycles. The molecule has 0 radical (unpaired) electrons. The van der Waals surface area contributed by atoms with Crippen LogP contribution in [-0.2, 0) is 14.8 Å². The average molecular weight is 375 g/mol. The number of piperazine rings is 1. The van der Waals surface area contributed by atoms with Crippen LogP contribution in [0.3, 0.4) is 0 Å². The number of anilines is 1. The Kier molecular flexibility index (Phi) is 5.48. The summed E-state index contributed by atoms with van der Waals surface area (Å²) in [6.07, 6.45) is 3.36. The van der Waals surface area contributed by atoms with E-state index in [1.165, 1.54) is 12.1 Å². The maximum absolute atomic E-state index is 12.3. The lowest BCUT2D eigenvalue weighted by Gasteiger charge is -2.34. The van der Waals surface area contributed by atoms with Gasteiger partial charge < -0.3 is 9.80 Å². The van der Waals surface area contributed by atoms with Crippen LogP contribution in [0.15, 0.2) is 47.6 Å². The molecular weight excluding hydrogens is 354 g/mol. The normalized spacial score (nSPS) is 15.1. The quantitative estimate of drug-likeness (QED) is 0.813. The summed E-state index contributed by atoms with van der Waals surface area (Å²) >= 11 is 0. The Morgan fingerprint density at radius 2 is 1.69 bits per heavy atom. The summed E-state index contributed by atoms with van der Waals surface area (Å²) in [6, 6.07) is 8.26. The molecule has 138 valence electrons. The molecule has 0 atom stereocenters. The number of carbonyl (C=O) groups is 1. The van der Waals surface area contributed by atoms with E-state index in [0.29, 0.717) is 32.1 Å². The summed E-state index contributed by atoms with van der Waals surface area (Å²) in [5.74, 6) is 0.397. The molecule has 2 heterocycles. The molecule has 26 heavy (non-hydrogen) atoms. The monoisotopic (exact) mass is 375 g/mol. The van der Waals surface area contributed by atoms with E-state index < -0.39 is 10.0 Å². The molecule has 1 amide bonds. The van der Waals surface area contributed by atoms with E-state index in [4.69, 9.17) is 0 Å².